The van der Waals surface area contributed by atoms with Crippen molar-refractivity contribution in [3.63, 3.8) is 0 Å². The fourth-order valence-corrected chi connectivity index (χ4v) is 2.05. The molecule has 0 aliphatic carbocycles. The van der Waals surface area contributed by atoms with Gasteiger partial charge in [-0.15, -0.1) is 0 Å². The molecule has 17 heavy (non-hydrogen) atoms. The molecule has 0 amide bonds. The maximum Gasteiger partial charge on any atom is 0.200 e. The van der Waals surface area contributed by atoms with Crippen LogP contribution in [0.15, 0.2) is 53.5 Å². The molecular weight excluding hydrogens is 210 g/mol. The molecule has 0 saturated heterocycles. The summed E-state index contributed by atoms with van der Waals surface area (Å²) in [6.07, 6.45) is 0. The molecule has 0 atom stereocenters. The molecule has 3 heteroatoms. The Hall–Kier alpha value is -2.29. The Morgan fingerprint density at radius 3 is 1.71 bits per heavy atom. The zero-order valence-electron chi connectivity index (χ0n) is 9.57. The van der Waals surface area contributed by atoms with Crippen molar-refractivity contribution in [1.29, 1.82) is 0 Å². The molecule has 0 spiro atoms. The van der Waals surface area contributed by atoms with Gasteiger partial charge in [-0.05, 0) is 12.1 Å². The second-order valence-electron chi connectivity index (χ2n) is 3.91. The van der Waals surface area contributed by atoms with Gasteiger partial charge in [-0.2, -0.15) is 0 Å². The standard InChI is InChI=1S/C14H13N3/c1-15-14-16-12-8-4-2-6-10(12)11-7-3-5-9-13(11)17-14/h2-9H,1H3,(H2,15,16,17). The number of hydrogen-bond acceptors (Lipinski definition) is 1. The normalized spacial score (nSPS) is 12.6. The van der Waals surface area contributed by atoms with Crippen molar-refractivity contribution in [3.05, 3.63) is 48.5 Å². The number of para-hydroxylation sites is 2. The largest absolute Gasteiger partial charge is 0.326 e. The summed E-state index contributed by atoms with van der Waals surface area (Å²) >= 11 is 0. The van der Waals surface area contributed by atoms with E-state index in [1.165, 1.54) is 11.1 Å². The average Bonchev–Trinajstić information content (AvgIpc) is 2.55. The SMILES string of the molecule is CN=C1Nc2ccccc2-c2ccccc2N1. The van der Waals surface area contributed by atoms with Gasteiger partial charge in [0.15, 0.2) is 5.96 Å². The Balaban J connectivity index is 2.28. The fourth-order valence-electron chi connectivity index (χ4n) is 2.05. The van der Waals surface area contributed by atoms with E-state index in [0.29, 0.717) is 0 Å². The molecule has 0 saturated carbocycles. The first kappa shape index (κ1) is 9.90. The highest BCUT2D eigenvalue weighted by Gasteiger charge is 2.15. The lowest BCUT2D eigenvalue weighted by Crippen LogP contribution is -2.20. The Labute approximate surface area is 100 Å². The third-order valence-electron chi connectivity index (χ3n) is 2.87. The van der Waals surface area contributed by atoms with Gasteiger partial charge in [0.1, 0.15) is 0 Å². The Bertz CT molecular complexity index is 538. The van der Waals surface area contributed by atoms with Crippen molar-refractivity contribution in [3.8, 4) is 11.1 Å². The first-order valence-electron chi connectivity index (χ1n) is 5.58. The Morgan fingerprint density at radius 2 is 1.24 bits per heavy atom. The van der Waals surface area contributed by atoms with E-state index in [9.17, 15) is 0 Å². The van der Waals surface area contributed by atoms with Gasteiger partial charge in [-0.25, -0.2) is 0 Å². The Morgan fingerprint density at radius 1 is 0.765 bits per heavy atom. The molecule has 1 heterocycles. The summed E-state index contributed by atoms with van der Waals surface area (Å²) in [7, 11) is 1.77. The maximum absolute atomic E-state index is 4.20. The van der Waals surface area contributed by atoms with Crippen LogP contribution in [0, 0.1) is 0 Å². The predicted octanol–water partition coefficient (Wildman–Crippen LogP) is 3.18. The summed E-state index contributed by atoms with van der Waals surface area (Å²) < 4.78 is 0. The summed E-state index contributed by atoms with van der Waals surface area (Å²) in [6.45, 7) is 0. The topological polar surface area (TPSA) is 36.4 Å². The van der Waals surface area contributed by atoms with Crippen LogP contribution in [-0.4, -0.2) is 13.0 Å². The minimum Gasteiger partial charge on any atom is -0.326 e. The van der Waals surface area contributed by atoms with Gasteiger partial charge in [0, 0.05) is 29.5 Å². The van der Waals surface area contributed by atoms with Crippen LogP contribution < -0.4 is 10.6 Å². The van der Waals surface area contributed by atoms with Crippen LogP contribution in [0.4, 0.5) is 11.4 Å². The number of nitrogens with one attached hydrogen (secondary N) is 2. The van der Waals surface area contributed by atoms with Crippen molar-refractivity contribution in [2.75, 3.05) is 17.7 Å². The molecule has 2 aromatic carbocycles. The zero-order valence-corrected chi connectivity index (χ0v) is 9.57. The number of guanidine groups is 1. The fraction of sp³-hybridized carbons (Fsp3) is 0.0714. The van der Waals surface area contributed by atoms with Gasteiger partial charge < -0.3 is 10.6 Å². The van der Waals surface area contributed by atoms with Crippen LogP contribution in [0.1, 0.15) is 0 Å². The number of fused-ring (bicyclic) bond motifs is 3. The quantitative estimate of drug-likeness (QED) is 0.719. The third kappa shape index (κ3) is 1.65. The number of benzene rings is 2. The van der Waals surface area contributed by atoms with Crippen LogP contribution >= 0.6 is 0 Å². The molecule has 2 N–H and O–H groups in total. The highest BCUT2D eigenvalue weighted by atomic mass is 15.2. The number of nitrogens with zero attached hydrogens (tertiary/aromatic N) is 1. The summed E-state index contributed by atoms with van der Waals surface area (Å²) in [5.74, 6) is 0.766. The highest BCUT2D eigenvalue weighted by Crippen LogP contribution is 2.35. The number of rotatable bonds is 0. The average molecular weight is 223 g/mol. The van der Waals surface area contributed by atoms with E-state index in [2.05, 4.69) is 39.9 Å². The molecule has 0 unspecified atom stereocenters. The lowest BCUT2D eigenvalue weighted by molar-refractivity contribution is 1.40. The third-order valence-corrected chi connectivity index (χ3v) is 2.87. The molecule has 1 aliphatic heterocycles. The number of aliphatic imine (C=N–C) groups is 1. The highest BCUT2D eigenvalue weighted by molar-refractivity contribution is 6.10. The smallest absolute Gasteiger partial charge is 0.200 e. The van der Waals surface area contributed by atoms with Crippen LogP contribution in [-0.2, 0) is 0 Å². The lowest BCUT2D eigenvalue weighted by Gasteiger charge is -2.07. The summed E-state index contributed by atoms with van der Waals surface area (Å²) in [4.78, 5) is 4.20. The van der Waals surface area contributed by atoms with Crippen LogP contribution in [0.2, 0.25) is 0 Å². The molecule has 3 rings (SSSR count). The molecule has 0 radical (unpaired) electrons. The molecule has 0 bridgehead atoms. The van der Waals surface area contributed by atoms with E-state index in [1.54, 1.807) is 7.05 Å². The molecule has 0 fully saturated rings. The van der Waals surface area contributed by atoms with Crippen molar-refractivity contribution in [2.24, 2.45) is 4.99 Å². The van der Waals surface area contributed by atoms with E-state index >= 15 is 0 Å². The van der Waals surface area contributed by atoms with Crippen molar-refractivity contribution in [1.82, 2.24) is 0 Å². The predicted molar refractivity (Wildman–Crippen MR) is 72.5 cm³/mol. The Kier molecular flexibility index (Phi) is 2.29. The van der Waals surface area contributed by atoms with Crippen LogP contribution in [0.5, 0.6) is 0 Å². The van der Waals surface area contributed by atoms with Crippen LogP contribution in [0.3, 0.4) is 0 Å². The second-order valence-corrected chi connectivity index (χ2v) is 3.91. The van der Waals surface area contributed by atoms with Gasteiger partial charge in [-0.3, -0.25) is 4.99 Å². The first-order chi connectivity index (χ1) is 8.38. The number of anilines is 2. The van der Waals surface area contributed by atoms with Gasteiger partial charge in [0.25, 0.3) is 0 Å². The zero-order chi connectivity index (χ0) is 11.7. The minimum atomic E-state index is 0.766. The van der Waals surface area contributed by atoms with Crippen molar-refractivity contribution in [2.45, 2.75) is 0 Å². The summed E-state index contributed by atoms with van der Waals surface area (Å²) in [6, 6.07) is 16.5. The van der Waals surface area contributed by atoms with E-state index in [4.69, 9.17) is 0 Å². The summed E-state index contributed by atoms with van der Waals surface area (Å²) in [5.41, 5.74) is 4.53. The summed E-state index contributed by atoms with van der Waals surface area (Å²) in [5, 5.41) is 6.59. The van der Waals surface area contributed by atoms with Crippen LogP contribution in [0.25, 0.3) is 11.1 Å². The molecule has 84 valence electrons. The van der Waals surface area contributed by atoms with E-state index < -0.39 is 0 Å². The van der Waals surface area contributed by atoms with E-state index in [1.807, 2.05) is 24.3 Å². The van der Waals surface area contributed by atoms with Gasteiger partial charge in [0.2, 0.25) is 0 Å². The van der Waals surface area contributed by atoms with Gasteiger partial charge >= 0.3 is 0 Å². The molecular formula is C14H13N3. The molecule has 0 aromatic heterocycles. The van der Waals surface area contributed by atoms with Crippen molar-refractivity contribution >= 4 is 17.3 Å². The van der Waals surface area contributed by atoms with Crippen molar-refractivity contribution < 1.29 is 0 Å². The minimum absolute atomic E-state index is 0.766. The molecule has 2 aromatic rings. The second kappa shape index (κ2) is 3.94. The molecule has 1 aliphatic rings. The maximum atomic E-state index is 4.20. The number of hydrogen-bond donors (Lipinski definition) is 2. The monoisotopic (exact) mass is 223 g/mol. The molecule has 3 nitrogen and oxygen atoms in total. The van der Waals surface area contributed by atoms with Gasteiger partial charge in [-0.1, -0.05) is 36.4 Å². The first-order valence-corrected chi connectivity index (χ1v) is 5.58. The lowest BCUT2D eigenvalue weighted by atomic mass is 10.0. The van der Waals surface area contributed by atoms with E-state index in [0.717, 1.165) is 17.3 Å². The van der Waals surface area contributed by atoms with Gasteiger partial charge in [0.05, 0.1) is 0 Å². The van der Waals surface area contributed by atoms with E-state index in [-0.39, 0.29) is 0 Å².